The Morgan fingerprint density at radius 2 is 1.89 bits per heavy atom. The van der Waals surface area contributed by atoms with Crippen molar-refractivity contribution in [3.05, 3.63) is 65.7 Å². The van der Waals surface area contributed by atoms with E-state index in [9.17, 15) is 4.79 Å². The largest absolute Gasteiger partial charge is 0.484 e. The lowest BCUT2D eigenvalue weighted by Gasteiger charge is -2.19. The molecule has 28 heavy (non-hydrogen) atoms. The number of nitrogens with one attached hydrogen (secondary N) is 2. The minimum atomic E-state index is -0.490. The zero-order chi connectivity index (χ0) is 19.1. The zero-order valence-corrected chi connectivity index (χ0v) is 18.3. The first-order chi connectivity index (χ1) is 13.1. The lowest BCUT2D eigenvalue weighted by atomic mass is 9.96. The van der Waals surface area contributed by atoms with Crippen molar-refractivity contribution >= 4 is 35.8 Å². The molecule has 1 amide bonds. The summed E-state index contributed by atoms with van der Waals surface area (Å²) in [5, 5.41) is 6.76. The number of amides is 1. The molecule has 2 aromatic rings. The number of halogens is 1. The van der Waals surface area contributed by atoms with Crippen LogP contribution in [0.5, 0.6) is 5.75 Å². The van der Waals surface area contributed by atoms with Crippen LogP contribution in [-0.2, 0) is 16.8 Å². The first-order valence-electron chi connectivity index (χ1n) is 9.11. The van der Waals surface area contributed by atoms with Crippen LogP contribution in [0.15, 0.2) is 59.6 Å². The van der Waals surface area contributed by atoms with Crippen LogP contribution in [0.3, 0.4) is 0 Å². The molecule has 1 saturated carbocycles. The number of hydrogen-bond acceptors (Lipinski definition) is 3. The van der Waals surface area contributed by atoms with Crippen LogP contribution < -0.4 is 21.1 Å². The Bertz CT molecular complexity index is 807. The molecule has 1 aliphatic carbocycles. The van der Waals surface area contributed by atoms with Gasteiger partial charge in [0, 0.05) is 25.6 Å². The van der Waals surface area contributed by atoms with Crippen LogP contribution in [0.4, 0.5) is 0 Å². The number of benzene rings is 2. The van der Waals surface area contributed by atoms with Gasteiger partial charge in [-0.05, 0) is 36.1 Å². The van der Waals surface area contributed by atoms with E-state index in [1.165, 1.54) is 18.4 Å². The van der Waals surface area contributed by atoms with Gasteiger partial charge in [-0.2, -0.15) is 0 Å². The van der Waals surface area contributed by atoms with Gasteiger partial charge in [-0.15, -0.1) is 24.0 Å². The van der Waals surface area contributed by atoms with Gasteiger partial charge in [-0.3, -0.25) is 9.79 Å². The van der Waals surface area contributed by atoms with Gasteiger partial charge in [-0.1, -0.05) is 42.5 Å². The monoisotopic (exact) mass is 494 g/mol. The molecule has 150 valence electrons. The van der Waals surface area contributed by atoms with Gasteiger partial charge in [-0.25, -0.2) is 0 Å². The average Bonchev–Trinajstić information content (AvgIpc) is 3.49. The Labute approximate surface area is 183 Å². The molecular weight excluding hydrogens is 467 g/mol. The van der Waals surface area contributed by atoms with Crippen molar-refractivity contribution in [2.45, 2.75) is 24.8 Å². The van der Waals surface area contributed by atoms with Crippen LogP contribution in [0.25, 0.3) is 0 Å². The number of nitrogens with two attached hydrogens (primary N) is 1. The Hall–Kier alpha value is -2.29. The number of aliphatic imine (C=N–C) groups is 1. The fourth-order valence-corrected chi connectivity index (χ4v) is 3.07. The number of guanidine groups is 1. The second kappa shape index (κ2) is 10.3. The number of nitrogens with zero attached hydrogens (tertiary/aromatic N) is 1. The molecular formula is C21H27IN4O2. The van der Waals surface area contributed by atoms with E-state index in [1.807, 2.05) is 18.2 Å². The molecule has 0 bridgehead atoms. The topological polar surface area (TPSA) is 88.7 Å². The molecule has 7 heteroatoms. The number of carbonyl (C=O) groups is 1. The highest BCUT2D eigenvalue weighted by Gasteiger charge is 2.43. The van der Waals surface area contributed by atoms with Crippen molar-refractivity contribution < 1.29 is 9.53 Å². The third-order valence-corrected chi connectivity index (χ3v) is 4.80. The van der Waals surface area contributed by atoms with Gasteiger partial charge in [0.15, 0.2) is 12.6 Å². The number of carbonyl (C=O) groups excluding carboxylic acids is 1. The lowest BCUT2D eigenvalue weighted by molar-refractivity contribution is -0.119. The first-order valence-corrected chi connectivity index (χ1v) is 9.11. The molecule has 0 heterocycles. The molecule has 0 saturated heterocycles. The summed E-state index contributed by atoms with van der Waals surface area (Å²) in [4.78, 5) is 15.1. The van der Waals surface area contributed by atoms with E-state index in [-0.39, 0.29) is 36.0 Å². The summed E-state index contributed by atoms with van der Waals surface area (Å²) in [6.45, 7) is 1.34. The Morgan fingerprint density at radius 1 is 1.14 bits per heavy atom. The van der Waals surface area contributed by atoms with Crippen LogP contribution in [0.2, 0.25) is 0 Å². The van der Waals surface area contributed by atoms with Crippen LogP contribution in [0, 0.1) is 0 Å². The predicted octanol–water partition coefficient (Wildman–Crippen LogP) is 2.57. The van der Waals surface area contributed by atoms with E-state index in [1.54, 1.807) is 13.1 Å². The second-order valence-corrected chi connectivity index (χ2v) is 6.83. The summed E-state index contributed by atoms with van der Waals surface area (Å²) in [6, 6.07) is 18.2. The second-order valence-electron chi connectivity index (χ2n) is 6.83. The molecule has 0 aliphatic heterocycles. The molecule has 4 N–H and O–H groups in total. The van der Waals surface area contributed by atoms with Crippen LogP contribution in [-0.4, -0.2) is 32.1 Å². The summed E-state index contributed by atoms with van der Waals surface area (Å²) in [5.74, 6) is 0.897. The Morgan fingerprint density at radius 3 is 2.54 bits per heavy atom. The average molecular weight is 494 g/mol. The quantitative estimate of drug-likeness (QED) is 0.299. The van der Waals surface area contributed by atoms with E-state index in [0.29, 0.717) is 12.3 Å². The maximum absolute atomic E-state index is 10.8. The molecule has 0 spiro atoms. The van der Waals surface area contributed by atoms with E-state index < -0.39 is 5.91 Å². The van der Waals surface area contributed by atoms with E-state index in [4.69, 9.17) is 10.5 Å². The number of hydrogen-bond donors (Lipinski definition) is 3. The summed E-state index contributed by atoms with van der Waals surface area (Å²) >= 11 is 0. The molecule has 0 atom stereocenters. The Kier molecular flexibility index (Phi) is 8.10. The third-order valence-electron chi connectivity index (χ3n) is 4.80. The minimum absolute atomic E-state index is 0. The highest BCUT2D eigenvalue weighted by molar-refractivity contribution is 14.0. The number of primary amides is 1. The van der Waals surface area contributed by atoms with E-state index in [2.05, 4.69) is 46.0 Å². The highest BCUT2D eigenvalue weighted by Crippen LogP contribution is 2.47. The van der Waals surface area contributed by atoms with Crippen molar-refractivity contribution in [2.75, 3.05) is 20.2 Å². The first kappa shape index (κ1) is 22.0. The van der Waals surface area contributed by atoms with Gasteiger partial charge in [0.05, 0.1) is 0 Å². The van der Waals surface area contributed by atoms with E-state index in [0.717, 1.165) is 18.1 Å². The van der Waals surface area contributed by atoms with Crippen molar-refractivity contribution in [3.8, 4) is 5.75 Å². The summed E-state index contributed by atoms with van der Waals surface area (Å²) in [6.07, 6.45) is 2.39. The number of ether oxygens (including phenoxy) is 1. The maximum atomic E-state index is 10.8. The standard InChI is InChI=1S/C21H26N4O2.HI/c1-23-20(25-15-21(10-11-21)17-7-3-2-4-8-17)24-13-16-6-5-9-18(12-16)27-14-19(22)26;/h2-9,12H,10-11,13-15H2,1H3,(H2,22,26)(H2,23,24,25);1H. The minimum Gasteiger partial charge on any atom is -0.484 e. The molecule has 6 nitrogen and oxygen atoms in total. The smallest absolute Gasteiger partial charge is 0.255 e. The molecule has 0 unspecified atom stereocenters. The summed E-state index contributed by atoms with van der Waals surface area (Å²) in [5.41, 5.74) is 7.75. The molecule has 2 aromatic carbocycles. The van der Waals surface area contributed by atoms with Crippen molar-refractivity contribution in [1.82, 2.24) is 10.6 Å². The van der Waals surface area contributed by atoms with Gasteiger partial charge >= 0.3 is 0 Å². The molecule has 0 radical (unpaired) electrons. The fourth-order valence-electron chi connectivity index (χ4n) is 3.07. The molecule has 1 aliphatic rings. The van der Waals surface area contributed by atoms with Gasteiger partial charge in [0.2, 0.25) is 0 Å². The van der Waals surface area contributed by atoms with Crippen LogP contribution >= 0.6 is 24.0 Å². The van der Waals surface area contributed by atoms with Crippen molar-refractivity contribution in [3.63, 3.8) is 0 Å². The normalized spacial score (nSPS) is 14.5. The molecule has 3 rings (SSSR count). The summed E-state index contributed by atoms with van der Waals surface area (Å²) in [7, 11) is 1.77. The molecule has 1 fully saturated rings. The highest BCUT2D eigenvalue weighted by atomic mass is 127. The molecule has 0 aromatic heterocycles. The van der Waals surface area contributed by atoms with Crippen LogP contribution in [0.1, 0.15) is 24.0 Å². The fraction of sp³-hybridized carbons (Fsp3) is 0.333. The third kappa shape index (κ3) is 6.12. The van der Waals surface area contributed by atoms with Crippen molar-refractivity contribution in [1.29, 1.82) is 0 Å². The van der Waals surface area contributed by atoms with E-state index >= 15 is 0 Å². The maximum Gasteiger partial charge on any atom is 0.255 e. The van der Waals surface area contributed by atoms with Gasteiger partial charge in [0.1, 0.15) is 5.75 Å². The summed E-state index contributed by atoms with van der Waals surface area (Å²) < 4.78 is 5.34. The van der Waals surface area contributed by atoms with Gasteiger partial charge in [0.25, 0.3) is 5.91 Å². The SMILES string of the molecule is CN=C(NCc1cccc(OCC(N)=O)c1)NCC1(c2ccccc2)CC1.I. The Balaban J connectivity index is 0.00000280. The zero-order valence-electron chi connectivity index (χ0n) is 16.0. The number of rotatable bonds is 8. The lowest BCUT2D eigenvalue weighted by Crippen LogP contribution is -2.40. The van der Waals surface area contributed by atoms with Gasteiger partial charge < -0.3 is 21.1 Å². The van der Waals surface area contributed by atoms with Crippen molar-refractivity contribution in [2.24, 2.45) is 10.7 Å². The predicted molar refractivity (Wildman–Crippen MR) is 122 cm³/mol.